The second-order valence-corrected chi connectivity index (χ2v) is 6.59. The largest absolute Gasteiger partial charge is 0.491 e. The molecule has 0 radical (unpaired) electrons. The van der Waals surface area contributed by atoms with Gasteiger partial charge in [0.25, 0.3) is 5.91 Å². The Bertz CT molecular complexity index is 873. The molecule has 8 heteroatoms. The number of benzene rings is 2. The lowest BCUT2D eigenvalue weighted by atomic mass is 10.2. The number of carbonyl (C=O) groups is 2. The highest BCUT2D eigenvalue weighted by molar-refractivity contribution is 7.80. The van der Waals surface area contributed by atoms with Crippen LogP contribution in [-0.2, 0) is 0 Å². The van der Waals surface area contributed by atoms with Crippen LogP contribution in [0.25, 0.3) is 0 Å². The van der Waals surface area contributed by atoms with Gasteiger partial charge in [0, 0.05) is 11.3 Å². The van der Waals surface area contributed by atoms with Crippen LogP contribution in [-0.4, -0.2) is 28.2 Å². The molecule has 2 aromatic rings. The Balaban J connectivity index is 2.04. The average molecular weight is 407 g/mol. The van der Waals surface area contributed by atoms with E-state index in [2.05, 4.69) is 10.6 Å². The number of aromatic carboxylic acids is 1. The number of carbonyl (C=O) groups excluding carboxylic acids is 1. The topological polar surface area (TPSA) is 87.7 Å². The number of nitrogens with one attached hydrogen (secondary N) is 2. The van der Waals surface area contributed by atoms with Crippen LogP contribution in [0.15, 0.2) is 42.5 Å². The summed E-state index contributed by atoms with van der Waals surface area (Å²) in [5.41, 5.74) is 0.726. The molecule has 0 fully saturated rings. The first kappa shape index (κ1) is 20.7. The van der Waals surface area contributed by atoms with E-state index in [9.17, 15) is 9.59 Å². The molecule has 0 aliphatic rings. The number of thiocarbonyl (C=S) groups is 1. The summed E-state index contributed by atoms with van der Waals surface area (Å²) in [5.74, 6) is -0.967. The second kappa shape index (κ2) is 9.34. The van der Waals surface area contributed by atoms with Crippen molar-refractivity contribution in [2.45, 2.75) is 26.4 Å². The maximum atomic E-state index is 12.4. The van der Waals surface area contributed by atoms with Gasteiger partial charge in [-0.2, -0.15) is 0 Å². The molecule has 27 heavy (non-hydrogen) atoms. The number of amides is 1. The lowest BCUT2D eigenvalue weighted by Crippen LogP contribution is -2.34. The number of halogens is 1. The number of hydrogen-bond donors (Lipinski definition) is 3. The van der Waals surface area contributed by atoms with Gasteiger partial charge in [0.15, 0.2) is 5.11 Å². The highest BCUT2D eigenvalue weighted by Gasteiger charge is 2.12. The molecule has 3 N–H and O–H groups in total. The van der Waals surface area contributed by atoms with Crippen LogP contribution in [0.3, 0.4) is 0 Å². The Morgan fingerprint density at radius 1 is 1.26 bits per heavy atom. The number of hydrogen-bond acceptors (Lipinski definition) is 4. The van der Waals surface area contributed by atoms with E-state index in [0.29, 0.717) is 17.0 Å². The molecule has 2 aromatic carbocycles. The molecule has 0 aliphatic heterocycles. The van der Waals surface area contributed by atoms with Gasteiger partial charge in [0.2, 0.25) is 0 Å². The highest BCUT2D eigenvalue weighted by atomic mass is 35.5. The summed E-state index contributed by atoms with van der Waals surface area (Å²) in [6.07, 6.45) is 0.892. The van der Waals surface area contributed by atoms with Crippen LogP contribution in [0.1, 0.15) is 41.0 Å². The van der Waals surface area contributed by atoms with Gasteiger partial charge >= 0.3 is 5.97 Å². The van der Waals surface area contributed by atoms with E-state index >= 15 is 0 Å². The summed E-state index contributed by atoms with van der Waals surface area (Å²) in [5, 5.41) is 14.6. The lowest BCUT2D eigenvalue weighted by Gasteiger charge is -2.14. The first-order valence-corrected chi connectivity index (χ1v) is 9.00. The Morgan fingerprint density at radius 3 is 2.67 bits per heavy atom. The molecule has 2 rings (SSSR count). The van der Waals surface area contributed by atoms with E-state index in [1.807, 2.05) is 13.8 Å². The Labute approximate surface area is 167 Å². The average Bonchev–Trinajstić information content (AvgIpc) is 2.63. The molecule has 6 nitrogen and oxygen atoms in total. The van der Waals surface area contributed by atoms with Crippen LogP contribution >= 0.6 is 23.8 Å². The van der Waals surface area contributed by atoms with Crippen molar-refractivity contribution in [3.05, 3.63) is 58.6 Å². The minimum Gasteiger partial charge on any atom is -0.491 e. The van der Waals surface area contributed by atoms with Crippen molar-refractivity contribution in [2.75, 3.05) is 5.32 Å². The summed E-state index contributed by atoms with van der Waals surface area (Å²) in [6, 6.07) is 11.1. The molecule has 1 amide bonds. The molecular weight excluding hydrogens is 388 g/mol. The minimum absolute atomic E-state index is 0.0342. The maximum absolute atomic E-state index is 12.4. The molecule has 0 saturated carbocycles. The summed E-state index contributed by atoms with van der Waals surface area (Å²) >= 11 is 11.0. The summed E-state index contributed by atoms with van der Waals surface area (Å²) in [6.45, 7) is 3.96. The SMILES string of the molecule is CCC(C)Oc1cccc(C(=O)NC(=S)Nc2ccc(Cl)c(C(=O)O)c2)c1. The third-order valence-electron chi connectivity index (χ3n) is 3.69. The van der Waals surface area contributed by atoms with Crippen LogP contribution in [0.4, 0.5) is 5.69 Å². The zero-order chi connectivity index (χ0) is 20.0. The van der Waals surface area contributed by atoms with Gasteiger partial charge in [0.05, 0.1) is 16.7 Å². The Kier molecular flexibility index (Phi) is 7.15. The van der Waals surface area contributed by atoms with Crippen LogP contribution in [0.5, 0.6) is 5.75 Å². The predicted molar refractivity (Wildman–Crippen MR) is 109 cm³/mol. The number of anilines is 1. The normalized spacial score (nSPS) is 11.4. The van der Waals surface area contributed by atoms with Crippen molar-refractivity contribution in [3.8, 4) is 5.75 Å². The van der Waals surface area contributed by atoms with Gasteiger partial charge in [-0.3, -0.25) is 10.1 Å². The van der Waals surface area contributed by atoms with Crippen molar-refractivity contribution < 1.29 is 19.4 Å². The quantitative estimate of drug-likeness (QED) is 0.618. The van der Waals surface area contributed by atoms with Gasteiger partial charge < -0.3 is 15.2 Å². The molecule has 0 aromatic heterocycles. The number of ether oxygens (including phenoxy) is 1. The molecule has 0 aliphatic carbocycles. The van der Waals surface area contributed by atoms with E-state index in [1.54, 1.807) is 30.3 Å². The lowest BCUT2D eigenvalue weighted by molar-refractivity contribution is 0.0697. The van der Waals surface area contributed by atoms with E-state index in [4.69, 9.17) is 33.7 Å². The van der Waals surface area contributed by atoms with E-state index in [1.165, 1.54) is 12.1 Å². The summed E-state index contributed by atoms with van der Waals surface area (Å²) < 4.78 is 5.71. The first-order valence-electron chi connectivity index (χ1n) is 8.22. The van der Waals surface area contributed by atoms with E-state index in [0.717, 1.165) is 6.42 Å². The first-order chi connectivity index (χ1) is 12.8. The van der Waals surface area contributed by atoms with E-state index in [-0.39, 0.29) is 21.8 Å². The molecule has 1 unspecified atom stereocenters. The number of carboxylic acids is 1. The van der Waals surface area contributed by atoms with Crippen LogP contribution in [0, 0.1) is 0 Å². The smallest absolute Gasteiger partial charge is 0.337 e. The maximum Gasteiger partial charge on any atom is 0.337 e. The highest BCUT2D eigenvalue weighted by Crippen LogP contribution is 2.21. The summed E-state index contributed by atoms with van der Waals surface area (Å²) in [4.78, 5) is 23.5. The standard InChI is InChI=1S/C19H19ClN2O4S/c1-3-11(2)26-14-6-4-5-12(9-14)17(23)22-19(27)21-13-7-8-16(20)15(10-13)18(24)25/h4-11H,3H2,1-2H3,(H,24,25)(H2,21,22,23,27). The van der Waals surface area contributed by atoms with Gasteiger partial charge in [0.1, 0.15) is 5.75 Å². The molecule has 0 saturated heterocycles. The van der Waals surface area contributed by atoms with Gasteiger partial charge in [-0.15, -0.1) is 0 Å². The Hall–Kier alpha value is -2.64. The van der Waals surface area contributed by atoms with Crippen molar-refractivity contribution in [3.63, 3.8) is 0 Å². The van der Waals surface area contributed by atoms with Crippen molar-refractivity contribution in [2.24, 2.45) is 0 Å². The Morgan fingerprint density at radius 2 is 2.00 bits per heavy atom. The molecule has 142 valence electrons. The number of carboxylic acid groups (broad SMARTS) is 1. The third kappa shape index (κ3) is 5.94. The third-order valence-corrected chi connectivity index (χ3v) is 4.22. The zero-order valence-electron chi connectivity index (χ0n) is 14.8. The summed E-state index contributed by atoms with van der Waals surface area (Å²) in [7, 11) is 0. The molecule has 0 heterocycles. The molecule has 0 bridgehead atoms. The van der Waals surface area contributed by atoms with Crippen molar-refractivity contribution >= 4 is 46.5 Å². The van der Waals surface area contributed by atoms with Crippen molar-refractivity contribution in [1.29, 1.82) is 0 Å². The van der Waals surface area contributed by atoms with Crippen molar-refractivity contribution in [1.82, 2.24) is 5.32 Å². The number of rotatable bonds is 6. The van der Waals surface area contributed by atoms with Gasteiger partial charge in [-0.05, 0) is 62.0 Å². The molecular formula is C19H19ClN2O4S. The minimum atomic E-state index is -1.16. The van der Waals surface area contributed by atoms with Gasteiger partial charge in [-0.25, -0.2) is 4.79 Å². The second-order valence-electron chi connectivity index (χ2n) is 5.77. The monoisotopic (exact) mass is 406 g/mol. The predicted octanol–water partition coefficient (Wildman–Crippen LogP) is 4.34. The van der Waals surface area contributed by atoms with Crippen LogP contribution in [0.2, 0.25) is 5.02 Å². The van der Waals surface area contributed by atoms with Gasteiger partial charge in [-0.1, -0.05) is 24.6 Å². The fourth-order valence-corrected chi connectivity index (χ4v) is 2.54. The zero-order valence-corrected chi connectivity index (χ0v) is 16.4. The fourth-order valence-electron chi connectivity index (χ4n) is 2.13. The fraction of sp³-hybridized carbons (Fsp3) is 0.211. The molecule has 1 atom stereocenters. The molecule has 0 spiro atoms. The van der Waals surface area contributed by atoms with Crippen LogP contribution < -0.4 is 15.4 Å². The van der Waals surface area contributed by atoms with E-state index < -0.39 is 11.9 Å².